The summed E-state index contributed by atoms with van der Waals surface area (Å²) in [5.41, 5.74) is 0.944. The molecular formula is C10H10Cl4N2. The minimum Gasteiger partial charge on any atom is -0.372 e. The van der Waals surface area contributed by atoms with Crippen molar-refractivity contribution in [1.29, 1.82) is 0 Å². The van der Waals surface area contributed by atoms with Crippen molar-refractivity contribution >= 4 is 53.0 Å². The van der Waals surface area contributed by atoms with Gasteiger partial charge in [0.15, 0.2) is 0 Å². The van der Waals surface area contributed by atoms with Crippen molar-refractivity contribution in [3.05, 3.63) is 32.8 Å². The van der Waals surface area contributed by atoms with Crippen LogP contribution in [0.15, 0.2) is 17.1 Å². The van der Waals surface area contributed by atoms with Crippen molar-refractivity contribution in [1.82, 2.24) is 5.32 Å². The van der Waals surface area contributed by atoms with E-state index in [9.17, 15) is 0 Å². The molecule has 2 rings (SSSR count). The van der Waals surface area contributed by atoms with Gasteiger partial charge in [0.05, 0.1) is 16.6 Å². The van der Waals surface area contributed by atoms with Crippen LogP contribution in [-0.4, -0.2) is 18.9 Å². The fourth-order valence-electron chi connectivity index (χ4n) is 1.44. The highest BCUT2D eigenvalue weighted by atomic mass is 35.5. The molecule has 6 heteroatoms. The summed E-state index contributed by atoms with van der Waals surface area (Å²) in [5, 5.41) is 4.81. The van der Waals surface area contributed by atoms with Gasteiger partial charge in [-0.1, -0.05) is 34.8 Å². The van der Waals surface area contributed by atoms with Crippen LogP contribution in [0.5, 0.6) is 0 Å². The first kappa shape index (κ1) is 13.9. The molecule has 0 atom stereocenters. The molecule has 0 unspecified atom stereocenters. The van der Waals surface area contributed by atoms with Crippen LogP contribution >= 0.6 is 47.2 Å². The van der Waals surface area contributed by atoms with Crippen molar-refractivity contribution in [2.75, 3.05) is 13.1 Å². The summed E-state index contributed by atoms with van der Waals surface area (Å²) >= 11 is 17.8. The van der Waals surface area contributed by atoms with E-state index in [1.165, 1.54) is 0 Å². The highest BCUT2D eigenvalue weighted by Crippen LogP contribution is 2.29. The molecule has 0 amide bonds. The van der Waals surface area contributed by atoms with Crippen molar-refractivity contribution in [3.8, 4) is 0 Å². The van der Waals surface area contributed by atoms with E-state index in [4.69, 9.17) is 34.8 Å². The minimum absolute atomic E-state index is 0. The SMILES string of the molecule is Cl.Clc1cc(Cl)c(CC2=NCCN2)cc1Cl. The summed E-state index contributed by atoms with van der Waals surface area (Å²) in [5.74, 6) is 0.954. The number of benzene rings is 1. The van der Waals surface area contributed by atoms with Gasteiger partial charge in [-0.3, -0.25) is 4.99 Å². The Morgan fingerprint density at radius 3 is 2.44 bits per heavy atom. The van der Waals surface area contributed by atoms with Crippen LogP contribution in [0, 0.1) is 0 Å². The average molecular weight is 300 g/mol. The van der Waals surface area contributed by atoms with E-state index in [0.29, 0.717) is 21.5 Å². The molecule has 88 valence electrons. The van der Waals surface area contributed by atoms with E-state index >= 15 is 0 Å². The monoisotopic (exact) mass is 298 g/mol. The van der Waals surface area contributed by atoms with Crippen molar-refractivity contribution in [3.63, 3.8) is 0 Å². The number of nitrogens with zero attached hydrogens (tertiary/aromatic N) is 1. The normalized spacial score (nSPS) is 14.1. The van der Waals surface area contributed by atoms with Gasteiger partial charge in [-0.25, -0.2) is 0 Å². The van der Waals surface area contributed by atoms with Crippen molar-refractivity contribution < 1.29 is 0 Å². The fourth-order valence-corrected chi connectivity index (χ4v) is 2.08. The fraction of sp³-hybridized carbons (Fsp3) is 0.300. The summed E-state index contributed by atoms with van der Waals surface area (Å²) in [4.78, 5) is 4.30. The standard InChI is InChI=1S/C10H9Cl3N2.ClH/c11-7-5-9(13)8(12)3-6(7)4-10-14-1-2-15-10;/h3,5H,1-2,4H2,(H,14,15);1H. The van der Waals surface area contributed by atoms with Gasteiger partial charge in [0.25, 0.3) is 0 Å². The van der Waals surface area contributed by atoms with Crippen LogP contribution in [-0.2, 0) is 6.42 Å². The molecule has 1 heterocycles. The Morgan fingerprint density at radius 1 is 1.12 bits per heavy atom. The second-order valence-corrected chi connectivity index (χ2v) is 4.51. The summed E-state index contributed by atoms with van der Waals surface area (Å²) in [7, 11) is 0. The molecule has 0 fully saturated rings. The number of nitrogens with one attached hydrogen (secondary N) is 1. The molecule has 0 aromatic heterocycles. The Balaban J connectivity index is 0.00000128. The Morgan fingerprint density at radius 2 is 1.81 bits per heavy atom. The van der Waals surface area contributed by atoms with E-state index in [1.807, 2.05) is 0 Å². The number of halogens is 4. The highest BCUT2D eigenvalue weighted by molar-refractivity contribution is 6.43. The van der Waals surface area contributed by atoms with Crippen LogP contribution in [0.25, 0.3) is 0 Å². The summed E-state index contributed by atoms with van der Waals surface area (Å²) in [6.07, 6.45) is 0.676. The van der Waals surface area contributed by atoms with Crippen LogP contribution in [0.2, 0.25) is 15.1 Å². The Labute approximate surface area is 115 Å². The molecule has 1 aliphatic heterocycles. The predicted molar refractivity (Wildman–Crippen MR) is 72.7 cm³/mol. The van der Waals surface area contributed by atoms with Crippen LogP contribution < -0.4 is 5.32 Å². The first-order valence-corrected chi connectivity index (χ1v) is 5.71. The molecule has 0 spiro atoms. The maximum Gasteiger partial charge on any atom is 0.101 e. The molecule has 0 saturated heterocycles. The van der Waals surface area contributed by atoms with Gasteiger partial charge in [0.1, 0.15) is 5.84 Å². The molecule has 1 N–H and O–H groups in total. The Bertz CT molecular complexity index is 418. The number of amidine groups is 1. The third-order valence-electron chi connectivity index (χ3n) is 2.19. The molecule has 0 aliphatic carbocycles. The maximum absolute atomic E-state index is 6.05. The molecule has 0 bridgehead atoms. The van der Waals surface area contributed by atoms with Gasteiger partial charge in [0, 0.05) is 18.0 Å². The lowest BCUT2D eigenvalue weighted by Crippen LogP contribution is -2.20. The average Bonchev–Trinajstić information content (AvgIpc) is 2.67. The van der Waals surface area contributed by atoms with Gasteiger partial charge >= 0.3 is 0 Å². The molecule has 0 radical (unpaired) electrons. The van der Waals surface area contributed by atoms with Gasteiger partial charge in [-0.15, -0.1) is 12.4 Å². The van der Waals surface area contributed by atoms with Crippen LogP contribution in [0.1, 0.15) is 5.56 Å². The molecule has 16 heavy (non-hydrogen) atoms. The van der Waals surface area contributed by atoms with E-state index in [1.54, 1.807) is 12.1 Å². The summed E-state index contributed by atoms with van der Waals surface area (Å²) in [6, 6.07) is 3.45. The number of hydrogen-bond donors (Lipinski definition) is 1. The van der Waals surface area contributed by atoms with E-state index in [2.05, 4.69) is 10.3 Å². The largest absolute Gasteiger partial charge is 0.372 e. The number of aliphatic imine (C=N–C) groups is 1. The smallest absolute Gasteiger partial charge is 0.101 e. The Hall–Kier alpha value is -0.150. The third-order valence-corrected chi connectivity index (χ3v) is 3.26. The summed E-state index contributed by atoms with van der Waals surface area (Å²) in [6.45, 7) is 1.72. The first-order chi connectivity index (χ1) is 7.16. The van der Waals surface area contributed by atoms with Gasteiger partial charge in [-0.2, -0.15) is 0 Å². The zero-order valence-electron chi connectivity index (χ0n) is 8.27. The second-order valence-electron chi connectivity index (χ2n) is 3.29. The van der Waals surface area contributed by atoms with Crippen molar-refractivity contribution in [2.24, 2.45) is 4.99 Å². The third kappa shape index (κ3) is 3.17. The van der Waals surface area contributed by atoms with E-state index < -0.39 is 0 Å². The van der Waals surface area contributed by atoms with Gasteiger partial charge in [0.2, 0.25) is 0 Å². The Kier molecular flexibility index (Phi) is 5.19. The zero-order chi connectivity index (χ0) is 10.8. The lowest BCUT2D eigenvalue weighted by atomic mass is 10.1. The van der Waals surface area contributed by atoms with E-state index in [0.717, 1.165) is 24.5 Å². The molecule has 1 aromatic carbocycles. The molecule has 0 saturated carbocycles. The van der Waals surface area contributed by atoms with Crippen molar-refractivity contribution in [2.45, 2.75) is 6.42 Å². The molecule has 2 nitrogen and oxygen atoms in total. The predicted octanol–water partition coefficient (Wildman–Crippen LogP) is 3.61. The van der Waals surface area contributed by atoms with E-state index in [-0.39, 0.29) is 12.4 Å². The quantitative estimate of drug-likeness (QED) is 0.829. The highest BCUT2D eigenvalue weighted by Gasteiger charge is 2.11. The topological polar surface area (TPSA) is 24.4 Å². The first-order valence-electron chi connectivity index (χ1n) is 4.57. The molecular weight excluding hydrogens is 290 g/mol. The summed E-state index contributed by atoms with van der Waals surface area (Å²) < 4.78 is 0. The zero-order valence-corrected chi connectivity index (χ0v) is 11.3. The van der Waals surface area contributed by atoms with Crippen LogP contribution in [0.4, 0.5) is 0 Å². The molecule has 1 aromatic rings. The lowest BCUT2D eigenvalue weighted by molar-refractivity contribution is 0.953. The van der Waals surface area contributed by atoms with Gasteiger partial charge in [-0.05, 0) is 17.7 Å². The minimum atomic E-state index is 0. The van der Waals surface area contributed by atoms with Crippen LogP contribution in [0.3, 0.4) is 0 Å². The number of rotatable bonds is 2. The second kappa shape index (κ2) is 5.97. The van der Waals surface area contributed by atoms with Gasteiger partial charge < -0.3 is 5.32 Å². The molecule has 1 aliphatic rings. The lowest BCUT2D eigenvalue weighted by Gasteiger charge is -2.06. The maximum atomic E-state index is 6.05. The number of hydrogen-bond acceptors (Lipinski definition) is 2.